The summed E-state index contributed by atoms with van der Waals surface area (Å²) in [7, 11) is 1.69. The molecule has 4 aromatic rings. The molecule has 0 radical (unpaired) electrons. The summed E-state index contributed by atoms with van der Waals surface area (Å²) in [5.74, 6) is 2.88. The number of allylic oxidation sites excluding steroid dienone is 1. The van der Waals surface area contributed by atoms with Gasteiger partial charge in [0.25, 0.3) is 0 Å². The van der Waals surface area contributed by atoms with Gasteiger partial charge in [-0.15, -0.1) is 6.58 Å². The molecule has 3 aromatic carbocycles. The molecule has 0 saturated heterocycles. The van der Waals surface area contributed by atoms with E-state index >= 15 is 0 Å². The highest BCUT2D eigenvalue weighted by Gasteiger charge is 2.11. The first-order chi connectivity index (χ1) is 15.3. The molecule has 0 amide bonds. The zero-order valence-electron chi connectivity index (χ0n) is 18.0. The van der Waals surface area contributed by atoms with Crippen molar-refractivity contribution in [3.8, 4) is 11.5 Å². The molecule has 158 valence electrons. The molecule has 31 heavy (non-hydrogen) atoms. The molecule has 1 aromatic heterocycles. The lowest BCUT2D eigenvalue weighted by Gasteiger charge is -2.12. The van der Waals surface area contributed by atoms with Crippen LogP contribution >= 0.6 is 0 Å². The molecular formula is C27H28N2O2. The molecule has 0 bridgehead atoms. The molecular weight excluding hydrogens is 384 g/mol. The highest BCUT2D eigenvalue weighted by Crippen LogP contribution is 2.22. The van der Waals surface area contributed by atoms with E-state index in [0.717, 1.165) is 54.2 Å². The zero-order valence-corrected chi connectivity index (χ0v) is 18.0. The molecule has 0 atom stereocenters. The standard InChI is InChI=1S/C27H28N2O2/c1-3-9-22-10-4-7-13-26(22)31-19-8-18-29-25-12-6-5-11-24(25)28-27(29)20-21-14-16-23(30-2)17-15-21/h3-7,10-17H,1,8-9,18-20H2,2H3. The maximum Gasteiger partial charge on any atom is 0.122 e. The van der Waals surface area contributed by atoms with Gasteiger partial charge in [-0.05, 0) is 54.3 Å². The van der Waals surface area contributed by atoms with Crippen molar-refractivity contribution in [3.63, 3.8) is 0 Å². The summed E-state index contributed by atoms with van der Waals surface area (Å²) in [6.07, 6.45) is 4.40. The SMILES string of the molecule is C=CCc1ccccc1OCCCn1c(Cc2ccc(OC)cc2)nc2ccccc21. The van der Waals surface area contributed by atoms with E-state index < -0.39 is 0 Å². The predicted octanol–water partition coefficient (Wildman–Crippen LogP) is 5.83. The lowest BCUT2D eigenvalue weighted by Crippen LogP contribution is -2.09. The third-order valence-electron chi connectivity index (χ3n) is 5.38. The Kier molecular flexibility index (Phi) is 6.68. The predicted molar refractivity (Wildman–Crippen MR) is 126 cm³/mol. The second-order valence-corrected chi connectivity index (χ2v) is 7.50. The third kappa shape index (κ3) is 4.97. The number of aromatic nitrogens is 2. The molecule has 0 fully saturated rings. The van der Waals surface area contributed by atoms with Crippen molar-refractivity contribution in [2.45, 2.75) is 25.8 Å². The largest absolute Gasteiger partial charge is 0.497 e. The van der Waals surface area contributed by atoms with Gasteiger partial charge in [0.15, 0.2) is 0 Å². The average Bonchev–Trinajstić information content (AvgIpc) is 3.15. The fourth-order valence-corrected chi connectivity index (χ4v) is 3.81. The van der Waals surface area contributed by atoms with Gasteiger partial charge in [0.05, 0.1) is 24.8 Å². The lowest BCUT2D eigenvalue weighted by molar-refractivity contribution is 0.299. The van der Waals surface area contributed by atoms with Crippen molar-refractivity contribution in [1.82, 2.24) is 9.55 Å². The molecule has 0 saturated carbocycles. The second kappa shape index (κ2) is 9.98. The maximum atomic E-state index is 6.09. The number of rotatable bonds is 10. The van der Waals surface area contributed by atoms with Crippen molar-refractivity contribution >= 4 is 11.0 Å². The Morgan fingerprint density at radius 2 is 1.74 bits per heavy atom. The fourth-order valence-electron chi connectivity index (χ4n) is 3.81. The fraction of sp³-hybridized carbons (Fsp3) is 0.222. The number of methoxy groups -OCH3 is 1. The Balaban J connectivity index is 1.47. The van der Waals surface area contributed by atoms with Crippen LogP contribution in [0, 0.1) is 0 Å². The van der Waals surface area contributed by atoms with Gasteiger partial charge in [-0.1, -0.05) is 48.5 Å². The van der Waals surface area contributed by atoms with Gasteiger partial charge in [0.2, 0.25) is 0 Å². The average molecular weight is 413 g/mol. The number of benzene rings is 3. The van der Waals surface area contributed by atoms with E-state index in [0.29, 0.717) is 6.61 Å². The van der Waals surface area contributed by atoms with Crippen LogP contribution in [0.25, 0.3) is 11.0 Å². The number of imidazole rings is 1. The number of nitrogens with zero attached hydrogens (tertiary/aromatic N) is 2. The van der Waals surface area contributed by atoms with E-state index in [1.807, 2.05) is 42.5 Å². The summed E-state index contributed by atoms with van der Waals surface area (Å²) in [5, 5.41) is 0. The molecule has 0 aliphatic rings. The van der Waals surface area contributed by atoms with E-state index in [1.165, 1.54) is 11.1 Å². The van der Waals surface area contributed by atoms with Crippen LogP contribution < -0.4 is 9.47 Å². The smallest absolute Gasteiger partial charge is 0.122 e. The summed E-state index contributed by atoms with van der Waals surface area (Å²) >= 11 is 0. The van der Waals surface area contributed by atoms with Crippen molar-refractivity contribution in [3.05, 3.63) is 102 Å². The van der Waals surface area contributed by atoms with E-state index in [-0.39, 0.29) is 0 Å². The van der Waals surface area contributed by atoms with Crippen LogP contribution in [0.3, 0.4) is 0 Å². The third-order valence-corrected chi connectivity index (χ3v) is 5.38. The van der Waals surface area contributed by atoms with Gasteiger partial charge in [-0.2, -0.15) is 0 Å². The van der Waals surface area contributed by atoms with Gasteiger partial charge in [-0.3, -0.25) is 0 Å². The number of hydrogen-bond donors (Lipinski definition) is 0. The van der Waals surface area contributed by atoms with Crippen LogP contribution in [0.1, 0.15) is 23.4 Å². The van der Waals surface area contributed by atoms with Crippen LogP contribution in [0.4, 0.5) is 0 Å². The van der Waals surface area contributed by atoms with Crippen LogP contribution in [-0.4, -0.2) is 23.3 Å². The number of aryl methyl sites for hydroxylation is 1. The highest BCUT2D eigenvalue weighted by molar-refractivity contribution is 5.76. The molecule has 0 spiro atoms. The Hall–Kier alpha value is -3.53. The van der Waals surface area contributed by atoms with Crippen LogP contribution in [0.15, 0.2) is 85.5 Å². The zero-order chi connectivity index (χ0) is 21.5. The van der Waals surface area contributed by atoms with E-state index in [9.17, 15) is 0 Å². The first kappa shape index (κ1) is 20.7. The van der Waals surface area contributed by atoms with E-state index in [4.69, 9.17) is 14.5 Å². The summed E-state index contributed by atoms with van der Waals surface area (Å²) in [6.45, 7) is 5.35. The van der Waals surface area contributed by atoms with Gasteiger partial charge in [0.1, 0.15) is 17.3 Å². The maximum absolute atomic E-state index is 6.09. The van der Waals surface area contributed by atoms with Gasteiger partial charge in [0, 0.05) is 13.0 Å². The highest BCUT2D eigenvalue weighted by atomic mass is 16.5. The van der Waals surface area contributed by atoms with Crippen LogP contribution in [0.5, 0.6) is 11.5 Å². The monoisotopic (exact) mass is 412 g/mol. The number of para-hydroxylation sites is 3. The normalized spacial score (nSPS) is 10.9. The Labute approximate surface area is 183 Å². The van der Waals surface area contributed by atoms with Crippen molar-refractivity contribution in [2.75, 3.05) is 13.7 Å². The molecule has 4 nitrogen and oxygen atoms in total. The number of ether oxygens (including phenoxy) is 2. The quantitative estimate of drug-likeness (QED) is 0.243. The number of hydrogen-bond acceptors (Lipinski definition) is 3. The minimum Gasteiger partial charge on any atom is -0.497 e. The van der Waals surface area contributed by atoms with E-state index in [1.54, 1.807) is 7.11 Å². The van der Waals surface area contributed by atoms with Crippen LogP contribution in [-0.2, 0) is 19.4 Å². The minimum atomic E-state index is 0.655. The molecule has 4 rings (SSSR count). The van der Waals surface area contributed by atoms with Crippen LogP contribution in [0.2, 0.25) is 0 Å². The lowest BCUT2D eigenvalue weighted by atomic mass is 10.1. The molecule has 4 heteroatoms. The molecule has 0 aliphatic carbocycles. The van der Waals surface area contributed by atoms with Gasteiger partial charge >= 0.3 is 0 Å². The topological polar surface area (TPSA) is 36.3 Å². The Morgan fingerprint density at radius 1 is 0.968 bits per heavy atom. The van der Waals surface area contributed by atoms with Gasteiger partial charge in [-0.25, -0.2) is 4.98 Å². The summed E-state index contributed by atoms with van der Waals surface area (Å²) < 4.78 is 13.7. The molecule has 1 heterocycles. The Bertz CT molecular complexity index is 1150. The van der Waals surface area contributed by atoms with Crippen molar-refractivity contribution < 1.29 is 9.47 Å². The molecule has 0 aliphatic heterocycles. The Morgan fingerprint density at radius 3 is 2.55 bits per heavy atom. The first-order valence-electron chi connectivity index (χ1n) is 10.7. The van der Waals surface area contributed by atoms with Crippen molar-refractivity contribution in [2.24, 2.45) is 0 Å². The summed E-state index contributed by atoms with van der Waals surface area (Å²) in [4.78, 5) is 4.91. The first-order valence-corrected chi connectivity index (χ1v) is 10.7. The minimum absolute atomic E-state index is 0.655. The number of fused-ring (bicyclic) bond motifs is 1. The second-order valence-electron chi connectivity index (χ2n) is 7.50. The molecule has 0 N–H and O–H groups in total. The van der Waals surface area contributed by atoms with E-state index in [2.05, 4.69) is 47.5 Å². The van der Waals surface area contributed by atoms with Crippen molar-refractivity contribution in [1.29, 1.82) is 0 Å². The summed E-state index contributed by atoms with van der Waals surface area (Å²) in [6, 6.07) is 24.7. The summed E-state index contributed by atoms with van der Waals surface area (Å²) in [5.41, 5.74) is 4.58. The van der Waals surface area contributed by atoms with Gasteiger partial charge < -0.3 is 14.0 Å². The molecule has 0 unspecified atom stereocenters.